The highest BCUT2D eigenvalue weighted by Crippen LogP contribution is 1.99. The summed E-state index contributed by atoms with van der Waals surface area (Å²) >= 11 is 0. The van der Waals surface area contributed by atoms with Gasteiger partial charge in [0.2, 0.25) is 0 Å². The van der Waals surface area contributed by atoms with Gasteiger partial charge in [-0.3, -0.25) is 4.68 Å². The predicted octanol–water partition coefficient (Wildman–Crippen LogP) is 1.47. The molecule has 0 saturated carbocycles. The Morgan fingerprint density at radius 3 is 2.95 bits per heavy atom. The number of aromatic nitrogens is 2. The van der Waals surface area contributed by atoms with Crippen molar-refractivity contribution in [3.63, 3.8) is 0 Å². The van der Waals surface area contributed by atoms with Gasteiger partial charge >= 0.3 is 0 Å². The predicted molar refractivity (Wildman–Crippen MR) is 75.9 cm³/mol. The van der Waals surface area contributed by atoms with E-state index in [0.717, 1.165) is 18.7 Å². The fourth-order valence-electron chi connectivity index (χ4n) is 1.85. The van der Waals surface area contributed by atoms with Crippen molar-refractivity contribution in [2.24, 2.45) is 7.05 Å². The molecule has 1 heterocycles. The van der Waals surface area contributed by atoms with Crippen molar-refractivity contribution in [1.82, 2.24) is 15.1 Å². The summed E-state index contributed by atoms with van der Waals surface area (Å²) in [6, 6.07) is 1.96. The highest BCUT2D eigenvalue weighted by Gasteiger charge is 2.04. The van der Waals surface area contributed by atoms with Gasteiger partial charge in [-0.2, -0.15) is 5.10 Å². The number of nitrogens with one attached hydrogen (secondary N) is 1. The standard InChI is InChI=1S/C14H27N3O2/c1-3-4-5-6-9-19-12-14(18)11-15-10-13-7-8-16-17(13)2/h7-8,14-15,18H,3-6,9-12H2,1-2H3. The van der Waals surface area contributed by atoms with Crippen molar-refractivity contribution in [2.45, 2.75) is 45.3 Å². The molecule has 1 aromatic heterocycles. The Morgan fingerprint density at radius 1 is 1.42 bits per heavy atom. The number of unbranched alkanes of at least 4 members (excludes halogenated alkanes) is 3. The first-order chi connectivity index (χ1) is 9.24. The highest BCUT2D eigenvalue weighted by atomic mass is 16.5. The molecule has 0 aliphatic heterocycles. The lowest BCUT2D eigenvalue weighted by molar-refractivity contribution is 0.0352. The van der Waals surface area contributed by atoms with Crippen molar-refractivity contribution >= 4 is 0 Å². The normalized spacial score (nSPS) is 12.8. The maximum absolute atomic E-state index is 9.74. The molecule has 110 valence electrons. The van der Waals surface area contributed by atoms with E-state index >= 15 is 0 Å². The fourth-order valence-corrected chi connectivity index (χ4v) is 1.85. The third-order valence-corrected chi connectivity index (χ3v) is 3.06. The van der Waals surface area contributed by atoms with Crippen LogP contribution in [0.5, 0.6) is 0 Å². The smallest absolute Gasteiger partial charge is 0.0897 e. The second-order valence-electron chi connectivity index (χ2n) is 4.87. The van der Waals surface area contributed by atoms with E-state index in [1.54, 1.807) is 6.20 Å². The Bertz CT molecular complexity index is 328. The fraction of sp³-hybridized carbons (Fsp3) is 0.786. The van der Waals surface area contributed by atoms with Gasteiger partial charge in [0.1, 0.15) is 0 Å². The lowest BCUT2D eigenvalue weighted by Gasteiger charge is -2.12. The quantitative estimate of drug-likeness (QED) is 0.597. The van der Waals surface area contributed by atoms with Crippen LogP contribution in [0.2, 0.25) is 0 Å². The zero-order valence-corrected chi connectivity index (χ0v) is 12.1. The third-order valence-electron chi connectivity index (χ3n) is 3.06. The lowest BCUT2D eigenvalue weighted by atomic mass is 10.2. The molecule has 0 aliphatic rings. The Kier molecular flexibility index (Phi) is 8.45. The van der Waals surface area contributed by atoms with Crippen molar-refractivity contribution in [3.8, 4) is 0 Å². The van der Waals surface area contributed by atoms with E-state index in [2.05, 4.69) is 17.3 Å². The van der Waals surface area contributed by atoms with Crippen molar-refractivity contribution < 1.29 is 9.84 Å². The van der Waals surface area contributed by atoms with E-state index in [1.807, 2.05) is 17.8 Å². The van der Waals surface area contributed by atoms with Crippen LogP contribution in [0.3, 0.4) is 0 Å². The second-order valence-corrected chi connectivity index (χ2v) is 4.87. The Labute approximate surface area is 116 Å². The van der Waals surface area contributed by atoms with Gasteiger partial charge in [0.25, 0.3) is 0 Å². The Hall–Kier alpha value is -0.910. The monoisotopic (exact) mass is 269 g/mol. The van der Waals surface area contributed by atoms with Gasteiger partial charge in [0.15, 0.2) is 0 Å². The van der Waals surface area contributed by atoms with Gasteiger partial charge in [0.05, 0.1) is 18.4 Å². The Morgan fingerprint density at radius 2 is 2.26 bits per heavy atom. The molecule has 1 unspecified atom stereocenters. The molecule has 5 heteroatoms. The lowest BCUT2D eigenvalue weighted by Crippen LogP contribution is -2.30. The highest BCUT2D eigenvalue weighted by molar-refractivity contribution is 4.99. The zero-order valence-electron chi connectivity index (χ0n) is 12.1. The van der Waals surface area contributed by atoms with Gasteiger partial charge in [-0.1, -0.05) is 26.2 Å². The summed E-state index contributed by atoms with van der Waals surface area (Å²) < 4.78 is 7.27. The molecule has 0 aromatic carbocycles. The largest absolute Gasteiger partial charge is 0.389 e. The molecule has 2 N–H and O–H groups in total. The molecule has 1 aromatic rings. The second kappa shape index (κ2) is 9.95. The maximum atomic E-state index is 9.74. The summed E-state index contributed by atoms with van der Waals surface area (Å²) in [5.41, 5.74) is 1.10. The van der Waals surface area contributed by atoms with Gasteiger partial charge < -0.3 is 15.2 Å². The minimum Gasteiger partial charge on any atom is -0.389 e. The third kappa shape index (κ3) is 7.30. The summed E-state index contributed by atoms with van der Waals surface area (Å²) in [6.45, 7) is 4.60. The number of hydrogen-bond acceptors (Lipinski definition) is 4. The van der Waals surface area contributed by atoms with Crippen molar-refractivity contribution in [3.05, 3.63) is 18.0 Å². The molecule has 0 aliphatic carbocycles. The minimum absolute atomic E-state index is 0.407. The van der Waals surface area contributed by atoms with Crippen molar-refractivity contribution in [1.29, 1.82) is 0 Å². The molecule has 1 rings (SSSR count). The number of nitrogens with zero attached hydrogens (tertiary/aromatic N) is 2. The number of rotatable bonds is 11. The number of aliphatic hydroxyl groups excluding tert-OH is 1. The summed E-state index contributed by atoms with van der Waals surface area (Å²) in [5, 5.41) is 17.0. The molecule has 19 heavy (non-hydrogen) atoms. The van der Waals surface area contributed by atoms with Crippen LogP contribution in [0.15, 0.2) is 12.3 Å². The summed E-state index contributed by atoms with van der Waals surface area (Å²) in [6.07, 6.45) is 6.12. The van der Waals surface area contributed by atoms with Crippen LogP contribution in [0.1, 0.15) is 38.3 Å². The molecular formula is C14H27N3O2. The molecule has 0 saturated heterocycles. The summed E-state index contributed by atoms with van der Waals surface area (Å²) in [4.78, 5) is 0. The molecule has 0 spiro atoms. The first-order valence-electron chi connectivity index (χ1n) is 7.17. The maximum Gasteiger partial charge on any atom is 0.0897 e. The van der Waals surface area contributed by atoms with Crippen LogP contribution in [-0.2, 0) is 18.3 Å². The molecule has 0 amide bonds. The van der Waals surface area contributed by atoms with E-state index in [-0.39, 0.29) is 0 Å². The van der Waals surface area contributed by atoms with Crippen LogP contribution in [0.25, 0.3) is 0 Å². The van der Waals surface area contributed by atoms with E-state index in [1.165, 1.54) is 19.3 Å². The first-order valence-corrected chi connectivity index (χ1v) is 7.17. The zero-order chi connectivity index (χ0) is 13.9. The van der Waals surface area contributed by atoms with Crippen LogP contribution in [0.4, 0.5) is 0 Å². The van der Waals surface area contributed by atoms with Gasteiger partial charge in [-0.15, -0.1) is 0 Å². The number of hydrogen-bond donors (Lipinski definition) is 2. The van der Waals surface area contributed by atoms with E-state index in [0.29, 0.717) is 19.7 Å². The number of ether oxygens (including phenoxy) is 1. The minimum atomic E-state index is -0.445. The van der Waals surface area contributed by atoms with Crippen LogP contribution in [0, 0.1) is 0 Å². The van der Waals surface area contributed by atoms with E-state index in [9.17, 15) is 5.11 Å². The molecule has 0 radical (unpaired) electrons. The van der Waals surface area contributed by atoms with Crippen LogP contribution in [-0.4, -0.2) is 40.7 Å². The van der Waals surface area contributed by atoms with Crippen LogP contribution < -0.4 is 5.32 Å². The molecule has 1 atom stereocenters. The van der Waals surface area contributed by atoms with E-state index < -0.39 is 6.10 Å². The average Bonchev–Trinajstić information content (AvgIpc) is 2.79. The summed E-state index contributed by atoms with van der Waals surface area (Å²) in [5.74, 6) is 0. The summed E-state index contributed by atoms with van der Waals surface area (Å²) in [7, 11) is 1.91. The van der Waals surface area contributed by atoms with Gasteiger partial charge in [-0.05, 0) is 12.5 Å². The Balaban J connectivity index is 1.96. The average molecular weight is 269 g/mol. The van der Waals surface area contributed by atoms with E-state index in [4.69, 9.17) is 4.74 Å². The topological polar surface area (TPSA) is 59.3 Å². The number of aryl methyl sites for hydroxylation is 1. The molecule has 5 nitrogen and oxygen atoms in total. The molecule has 0 bridgehead atoms. The first kappa shape index (κ1) is 16.1. The van der Waals surface area contributed by atoms with Gasteiger partial charge in [0, 0.05) is 32.9 Å². The SMILES string of the molecule is CCCCCCOCC(O)CNCc1ccnn1C. The molecular weight excluding hydrogens is 242 g/mol. The molecule has 0 fully saturated rings. The number of aliphatic hydroxyl groups is 1. The van der Waals surface area contributed by atoms with Crippen LogP contribution >= 0.6 is 0 Å². The van der Waals surface area contributed by atoms with Gasteiger partial charge in [-0.25, -0.2) is 0 Å². The van der Waals surface area contributed by atoms with Crippen molar-refractivity contribution in [2.75, 3.05) is 19.8 Å².